The van der Waals surface area contributed by atoms with Crippen molar-refractivity contribution in [3.63, 3.8) is 0 Å². The molecule has 18 heavy (non-hydrogen) atoms. The molecule has 5 nitrogen and oxygen atoms in total. The summed E-state index contributed by atoms with van der Waals surface area (Å²) < 4.78 is 23.4. The Morgan fingerprint density at radius 3 is 2.61 bits per heavy atom. The monoisotopic (exact) mass is 263 g/mol. The number of nitrogens with zero attached hydrogens (tertiary/aromatic N) is 1. The fourth-order valence-electron chi connectivity index (χ4n) is 2.13. The topological polar surface area (TPSA) is 71.5 Å². The number of benzene rings is 1. The highest BCUT2D eigenvalue weighted by Gasteiger charge is 2.30. The third-order valence-electron chi connectivity index (χ3n) is 3.03. The molecule has 0 unspecified atom stereocenters. The lowest BCUT2D eigenvalue weighted by Gasteiger charge is -2.15. The number of Topliss-reactive ketones (excluding diaryl/α,β-unsaturated/α-hetero) is 1. The minimum absolute atomic E-state index is 0.0189. The van der Waals surface area contributed by atoms with E-state index in [9.17, 15) is 18.0 Å². The van der Waals surface area contributed by atoms with Crippen LogP contribution in [0.15, 0.2) is 28.5 Å². The summed E-state index contributed by atoms with van der Waals surface area (Å²) in [6.45, 7) is 0.0189. The molecule has 2 aliphatic heterocycles. The Bertz CT molecular complexity index is 703. The molecular formula is C12H9NO4S. The molecule has 0 bridgehead atoms. The number of carbonyl (C=O) groups excluding carboxylic acids is 2. The average Bonchev–Trinajstić information content (AvgIpc) is 2.79. The van der Waals surface area contributed by atoms with Crippen LogP contribution in [0, 0.1) is 0 Å². The summed E-state index contributed by atoms with van der Waals surface area (Å²) in [5, 5.41) is 1.14. The highest BCUT2D eigenvalue weighted by Crippen LogP contribution is 2.31. The third-order valence-corrected chi connectivity index (χ3v) is 4.49. The summed E-state index contributed by atoms with van der Waals surface area (Å²) in [7, 11) is -3.39. The lowest BCUT2D eigenvalue weighted by atomic mass is 10.2. The normalized spacial score (nSPS) is 20.6. The maximum absolute atomic E-state index is 11.7. The van der Waals surface area contributed by atoms with E-state index in [0.29, 0.717) is 11.3 Å². The Labute approximate surface area is 104 Å². The molecule has 92 valence electrons. The van der Waals surface area contributed by atoms with Crippen LogP contribution in [0.5, 0.6) is 0 Å². The Balaban J connectivity index is 2.07. The third kappa shape index (κ3) is 1.57. The van der Waals surface area contributed by atoms with E-state index in [1.807, 2.05) is 0 Å². The van der Waals surface area contributed by atoms with Gasteiger partial charge >= 0.3 is 0 Å². The van der Waals surface area contributed by atoms with Crippen molar-refractivity contribution in [1.82, 2.24) is 0 Å². The van der Waals surface area contributed by atoms with Crippen molar-refractivity contribution in [3.8, 4) is 0 Å². The standard InChI is InChI=1S/C12H9NO4S/c14-10-6-12(15)13(7-10)9-2-1-8-3-4-18(16,17)11(8)5-9/h1-5H,6-7H2. The molecule has 1 aromatic rings. The van der Waals surface area contributed by atoms with E-state index in [-0.39, 0.29) is 29.6 Å². The van der Waals surface area contributed by atoms with Crippen LogP contribution in [0.3, 0.4) is 0 Å². The van der Waals surface area contributed by atoms with Gasteiger partial charge in [0.2, 0.25) is 15.7 Å². The summed E-state index contributed by atoms with van der Waals surface area (Å²) in [6.07, 6.45) is 1.41. The maximum atomic E-state index is 11.7. The first kappa shape index (κ1) is 11.2. The van der Waals surface area contributed by atoms with Gasteiger partial charge < -0.3 is 4.90 Å². The highest BCUT2D eigenvalue weighted by atomic mass is 32.2. The van der Waals surface area contributed by atoms with Crippen LogP contribution in [0.25, 0.3) is 6.08 Å². The second-order valence-corrected chi connectivity index (χ2v) is 6.07. The largest absolute Gasteiger partial charge is 0.305 e. The summed E-state index contributed by atoms with van der Waals surface area (Å²) >= 11 is 0. The molecule has 0 saturated carbocycles. The van der Waals surface area contributed by atoms with Crippen LogP contribution in [0.4, 0.5) is 5.69 Å². The number of amides is 1. The van der Waals surface area contributed by atoms with Crippen LogP contribution in [0.2, 0.25) is 0 Å². The van der Waals surface area contributed by atoms with Gasteiger partial charge in [0.05, 0.1) is 17.9 Å². The van der Waals surface area contributed by atoms with E-state index in [1.54, 1.807) is 12.1 Å². The fraction of sp³-hybridized carbons (Fsp3) is 0.167. The number of hydrogen-bond acceptors (Lipinski definition) is 4. The first-order valence-electron chi connectivity index (χ1n) is 5.37. The smallest absolute Gasteiger partial charge is 0.234 e. The lowest BCUT2D eigenvalue weighted by Crippen LogP contribution is -2.24. The molecule has 0 atom stereocenters. The zero-order valence-corrected chi connectivity index (χ0v) is 10.1. The van der Waals surface area contributed by atoms with E-state index < -0.39 is 9.84 Å². The lowest BCUT2D eigenvalue weighted by molar-refractivity contribution is -0.121. The predicted molar refractivity (Wildman–Crippen MR) is 64.6 cm³/mol. The van der Waals surface area contributed by atoms with Gasteiger partial charge in [-0.05, 0) is 23.8 Å². The second kappa shape index (κ2) is 3.52. The number of fused-ring (bicyclic) bond motifs is 1. The Morgan fingerprint density at radius 2 is 1.94 bits per heavy atom. The molecule has 1 fully saturated rings. The minimum atomic E-state index is -3.39. The van der Waals surface area contributed by atoms with Gasteiger partial charge in [0.15, 0.2) is 5.78 Å². The number of anilines is 1. The van der Waals surface area contributed by atoms with Crippen LogP contribution >= 0.6 is 0 Å². The maximum Gasteiger partial charge on any atom is 0.234 e. The first-order valence-corrected chi connectivity index (χ1v) is 6.91. The number of hydrogen-bond donors (Lipinski definition) is 0. The molecule has 0 spiro atoms. The number of sulfone groups is 1. The zero-order chi connectivity index (χ0) is 12.9. The summed E-state index contributed by atoms with van der Waals surface area (Å²) in [5.74, 6) is -0.440. The van der Waals surface area contributed by atoms with Crippen LogP contribution < -0.4 is 4.90 Å². The molecule has 2 aliphatic rings. The molecule has 6 heteroatoms. The Kier molecular flexibility index (Phi) is 2.18. The van der Waals surface area contributed by atoms with Gasteiger partial charge in [-0.2, -0.15) is 0 Å². The van der Waals surface area contributed by atoms with Crippen molar-refractivity contribution in [2.75, 3.05) is 11.4 Å². The molecule has 1 saturated heterocycles. The van der Waals surface area contributed by atoms with Gasteiger partial charge in [-0.15, -0.1) is 0 Å². The number of rotatable bonds is 1. The summed E-state index contributed by atoms with van der Waals surface area (Å²) in [6, 6.07) is 4.74. The van der Waals surface area contributed by atoms with Crippen LogP contribution in [-0.4, -0.2) is 26.7 Å². The molecule has 1 amide bonds. The average molecular weight is 263 g/mol. The van der Waals surface area contributed by atoms with Crippen molar-refractivity contribution >= 4 is 33.3 Å². The van der Waals surface area contributed by atoms with Crippen molar-refractivity contribution in [2.24, 2.45) is 0 Å². The zero-order valence-electron chi connectivity index (χ0n) is 9.29. The molecule has 0 aromatic heterocycles. The predicted octanol–water partition coefficient (Wildman–Crippen LogP) is 0.750. The Hall–Kier alpha value is -1.95. The quantitative estimate of drug-likeness (QED) is 0.701. The molecule has 1 aromatic carbocycles. The fourth-order valence-corrected chi connectivity index (χ4v) is 3.35. The minimum Gasteiger partial charge on any atom is -0.305 e. The van der Waals surface area contributed by atoms with Crippen molar-refractivity contribution < 1.29 is 18.0 Å². The van der Waals surface area contributed by atoms with Gasteiger partial charge in [0.1, 0.15) is 0 Å². The first-order chi connectivity index (χ1) is 8.47. The summed E-state index contributed by atoms with van der Waals surface area (Å²) in [4.78, 5) is 24.3. The van der Waals surface area contributed by atoms with E-state index in [2.05, 4.69) is 0 Å². The molecular weight excluding hydrogens is 254 g/mol. The Morgan fingerprint density at radius 1 is 1.17 bits per heavy atom. The SMILES string of the molecule is O=C1CC(=O)N(c2ccc3c(c2)S(=O)(=O)C=C3)C1. The van der Waals surface area contributed by atoms with Gasteiger partial charge in [0, 0.05) is 11.1 Å². The van der Waals surface area contributed by atoms with Gasteiger partial charge in [-0.3, -0.25) is 9.59 Å². The van der Waals surface area contributed by atoms with Gasteiger partial charge in [-0.25, -0.2) is 8.42 Å². The van der Waals surface area contributed by atoms with E-state index in [4.69, 9.17) is 0 Å². The van der Waals surface area contributed by atoms with Crippen LogP contribution in [0.1, 0.15) is 12.0 Å². The molecule has 2 heterocycles. The number of carbonyl (C=O) groups is 2. The highest BCUT2D eigenvalue weighted by molar-refractivity contribution is 7.94. The van der Waals surface area contributed by atoms with E-state index in [0.717, 1.165) is 5.41 Å². The molecule has 0 N–H and O–H groups in total. The van der Waals surface area contributed by atoms with Crippen molar-refractivity contribution in [2.45, 2.75) is 11.3 Å². The van der Waals surface area contributed by atoms with Crippen LogP contribution in [-0.2, 0) is 19.4 Å². The second-order valence-electron chi connectivity index (χ2n) is 4.27. The van der Waals surface area contributed by atoms with E-state index >= 15 is 0 Å². The molecule has 3 rings (SSSR count). The summed E-state index contributed by atoms with van der Waals surface area (Å²) in [5.41, 5.74) is 1.06. The number of ketones is 1. The van der Waals surface area contributed by atoms with Gasteiger partial charge in [0.25, 0.3) is 0 Å². The van der Waals surface area contributed by atoms with Crippen molar-refractivity contribution in [1.29, 1.82) is 0 Å². The van der Waals surface area contributed by atoms with Gasteiger partial charge in [-0.1, -0.05) is 6.07 Å². The van der Waals surface area contributed by atoms with Crippen molar-refractivity contribution in [3.05, 3.63) is 29.2 Å². The molecule has 0 aliphatic carbocycles. The molecule has 0 radical (unpaired) electrons. The van der Waals surface area contributed by atoms with E-state index in [1.165, 1.54) is 17.0 Å².